The number of rotatable bonds is 15. The molecule has 2 heterocycles. The number of carbonyl (C=O) groups excluding carboxylic acids is 7. The quantitative estimate of drug-likeness (QED) is 0.112. The molecule has 0 radical (unpaired) electrons. The van der Waals surface area contributed by atoms with E-state index in [2.05, 4.69) is 36.9 Å². The molecule has 0 bridgehead atoms. The van der Waals surface area contributed by atoms with E-state index in [9.17, 15) is 38.7 Å². The van der Waals surface area contributed by atoms with E-state index in [0.29, 0.717) is 11.4 Å². The van der Waals surface area contributed by atoms with Gasteiger partial charge >= 0.3 is 0 Å². The predicted octanol–water partition coefficient (Wildman–Crippen LogP) is -1.06. The van der Waals surface area contributed by atoms with Gasteiger partial charge in [0, 0.05) is 36.9 Å². The molecule has 6 N–H and O–H groups in total. The van der Waals surface area contributed by atoms with Crippen molar-refractivity contribution >= 4 is 46.9 Å². The molecule has 0 spiro atoms. The van der Waals surface area contributed by atoms with Crippen molar-refractivity contribution in [1.29, 1.82) is 0 Å². The minimum absolute atomic E-state index is 0.137. The number of carbonyl (C=O) groups is 7. The Morgan fingerprint density at radius 3 is 1.90 bits per heavy atom. The van der Waals surface area contributed by atoms with E-state index >= 15 is 0 Å². The summed E-state index contributed by atoms with van der Waals surface area (Å²) in [6.45, 7) is 1.01. The molecule has 1 aliphatic heterocycles. The molecule has 0 saturated heterocycles. The number of nitrogens with zero attached hydrogens (tertiary/aromatic N) is 4. The average molecular weight is 704 g/mol. The first kappa shape index (κ1) is 37.8. The summed E-state index contributed by atoms with van der Waals surface area (Å²) < 4.78 is 1.70. The van der Waals surface area contributed by atoms with E-state index in [1.807, 2.05) is 55.6 Å². The molecule has 1 aromatic heterocycles. The van der Waals surface area contributed by atoms with Gasteiger partial charge in [-0.3, -0.25) is 33.6 Å². The van der Waals surface area contributed by atoms with E-state index in [-0.39, 0.29) is 31.1 Å². The second-order valence-electron chi connectivity index (χ2n) is 12.0. The van der Waals surface area contributed by atoms with Crippen LogP contribution < -0.4 is 31.5 Å². The third-order valence-electron chi connectivity index (χ3n) is 7.96. The number of aromatic nitrogens is 3. The number of nitrogens with one attached hydrogen (secondary N) is 5. The summed E-state index contributed by atoms with van der Waals surface area (Å²) in [5, 5.41) is 29.5. The Labute approximate surface area is 293 Å². The summed E-state index contributed by atoms with van der Waals surface area (Å²) in [5.41, 5.74) is 4.59. The number of amides is 6. The highest BCUT2D eigenvalue weighted by atomic mass is 16.3. The van der Waals surface area contributed by atoms with Crippen LogP contribution >= 0.6 is 0 Å². The van der Waals surface area contributed by atoms with Gasteiger partial charge in [-0.25, -0.2) is 4.68 Å². The van der Waals surface area contributed by atoms with Crippen LogP contribution in [0.3, 0.4) is 0 Å². The van der Waals surface area contributed by atoms with Gasteiger partial charge in [0.1, 0.15) is 11.7 Å². The summed E-state index contributed by atoms with van der Waals surface area (Å²) in [6.07, 6.45) is -0.327. The predicted molar refractivity (Wildman–Crippen MR) is 183 cm³/mol. The van der Waals surface area contributed by atoms with Gasteiger partial charge in [0.15, 0.2) is 5.78 Å². The van der Waals surface area contributed by atoms with Crippen LogP contribution in [0.2, 0.25) is 0 Å². The molecule has 51 heavy (non-hydrogen) atoms. The summed E-state index contributed by atoms with van der Waals surface area (Å²) in [4.78, 5) is 88.0. The molecule has 270 valence electrons. The van der Waals surface area contributed by atoms with Crippen LogP contribution in [-0.4, -0.2) is 100 Å². The standard InChI is InChI=1S/C34H41N9O8/c1-20(2)34(51)24(19-44)39-30(49)17-38-29(48)16-37-28(47)15-36-27(46)14-35-26(45)12-13-31(50)43-18-21-8-4-5-9-22(21)33-32(40-41-42(33)3)23-10-6-7-11-25(23)43/h4-11,20,24,44H,12-19H2,1-3H3,(H,35,45)(H,36,46)(H,37,47)(H,38,48)(H,39,49)/t24-/m0/s1. The van der Waals surface area contributed by atoms with E-state index < -0.39 is 74.3 Å². The van der Waals surface area contributed by atoms with Crippen molar-refractivity contribution in [2.75, 3.05) is 37.7 Å². The zero-order valence-electron chi connectivity index (χ0n) is 28.5. The monoisotopic (exact) mass is 703 g/mol. The third kappa shape index (κ3) is 10.0. The highest BCUT2D eigenvalue weighted by molar-refractivity contribution is 6.01. The van der Waals surface area contributed by atoms with Crippen LogP contribution in [-0.2, 0) is 47.2 Å². The van der Waals surface area contributed by atoms with E-state index in [1.54, 1.807) is 23.4 Å². The molecule has 17 nitrogen and oxygen atoms in total. The molecular formula is C34H41N9O8. The number of aryl methyl sites for hydroxylation is 1. The summed E-state index contributed by atoms with van der Waals surface area (Å²) >= 11 is 0. The van der Waals surface area contributed by atoms with Gasteiger partial charge < -0.3 is 36.6 Å². The minimum Gasteiger partial charge on any atom is -0.394 e. The van der Waals surface area contributed by atoms with Crippen LogP contribution in [0.4, 0.5) is 5.69 Å². The van der Waals surface area contributed by atoms with Crippen molar-refractivity contribution in [2.24, 2.45) is 13.0 Å². The van der Waals surface area contributed by atoms with Crippen LogP contribution in [0.5, 0.6) is 0 Å². The van der Waals surface area contributed by atoms with Gasteiger partial charge in [0.25, 0.3) is 0 Å². The van der Waals surface area contributed by atoms with Gasteiger partial charge in [0.2, 0.25) is 35.4 Å². The molecule has 2 aromatic carbocycles. The zero-order chi connectivity index (χ0) is 37.1. The van der Waals surface area contributed by atoms with Crippen molar-refractivity contribution in [3.8, 4) is 22.5 Å². The first-order valence-corrected chi connectivity index (χ1v) is 16.3. The number of Topliss-reactive ketones (excluding diaryl/α,β-unsaturated/α-hetero) is 1. The average Bonchev–Trinajstić information content (AvgIpc) is 3.50. The summed E-state index contributed by atoms with van der Waals surface area (Å²) in [6, 6.07) is 13.9. The second-order valence-corrected chi connectivity index (χ2v) is 12.0. The Bertz CT molecular complexity index is 1810. The zero-order valence-corrected chi connectivity index (χ0v) is 28.5. The molecule has 17 heteroatoms. The highest BCUT2D eigenvalue weighted by Crippen LogP contribution is 2.40. The number of hydrogen-bond acceptors (Lipinski definition) is 10. The molecule has 6 amide bonds. The Morgan fingerprint density at radius 2 is 1.29 bits per heavy atom. The van der Waals surface area contributed by atoms with Gasteiger partial charge in [-0.05, 0) is 11.6 Å². The van der Waals surface area contributed by atoms with E-state index in [0.717, 1.165) is 22.4 Å². The van der Waals surface area contributed by atoms with Crippen LogP contribution in [0.25, 0.3) is 22.5 Å². The topological polar surface area (TPSA) is 234 Å². The number of fused-ring (bicyclic) bond motifs is 5. The Morgan fingerprint density at radius 1 is 0.745 bits per heavy atom. The molecule has 1 aliphatic rings. The number of aliphatic hydroxyl groups is 1. The van der Waals surface area contributed by atoms with Gasteiger partial charge in [-0.15, -0.1) is 5.10 Å². The lowest BCUT2D eigenvalue weighted by atomic mass is 9.95. The second kappa shape index (κ2) is 17.6. The lowest BCUT2D eigenvalue weighted by Gasteiger charge is -2.28. The van der Waals surface area contributed by atoms with Crippen molar-refractivity contribution in [3.05, 3.63) is 54.1 Å². The lowest BCUT2D eigenvalue weighted by molar-refractivity contribution is -0.131. The van der Waals surface area contributed by atoms with E-state index in [4.69, 9.17) is 0 Å². The number of para-hydroxylation sites is 1. The highest BCUT2D eigenvalue weighted by Gasteiger charge is 2.28. The molecular weight excluding hydrogens is 662 g/mol. The molecule has 0 aliphatic carbocycles. The van der Waals surface area contributed by atoms with Gasteiger partial charge in [0.05, 0.1) is 50.7 Å². The number of ketones is 1. The summed E-state index contributed by atoms with van der Waals surface area (Å²) in [7, 11) is 1.81. The number of anilines is 1. The smallest absolute Gasteiger partial charge is 0.240 e. The van der Waals surface area contributed by atoms with Crippen molar-refractivity contribution < 1.29 is 38.7 Å². The minimum atomic E-state index is -1.09. The maximum absolute atomic E-state index is 13.6. The molecule has 4 rings (SSSR count). The fraction of sp³-hybridized carbons (Fsp3) is 0.382. The fourth-order valence-corrected chi connectivity index (χ4v) is 5.32. The van der Waals surface area contributed by atoms with E-state index in [1.165, 1.54) is 0 Å². The first-order chi connectivity index (χ1) is 24.4. The van der Waals surface area contributed by atoms with Crippen LogP contribution in [0.15, 0.2) is 48.5 Å². The van der Waals surface area contributed by atoms with Crippen molar-refractivity contribution in [2.45, 2.75) is 39.3 Å². The summed E-state index contributed by atoms with van der Waals surface area (Å²) in [5.74, 6) is -4.39. The van der Waals surface area contributed by atoms with Crippen LogP contribution in [0.1, 0.15) is 32.3 Å². The van der Waals surface area contributed by atoms with Crippen LogP contribution in [0, 0.1) is 5.92 Å². The largest absolute Gasteiger partial charge is 0.394 e. The van der Waals surface area contributed by atoms with Gasteiger partial charge in [-0.2, -0.15) is 0 Å². The van der Waals surface area contributed by atoms with Gasteiger partial charge in [-0.1, -0.05) is 61.5 Å². The Balaban J connectivity index is 1.19. The number of aliphatic hydroxyl groups excluding tert-OH is 1. The Kier molecular flexibility index (Phi) is 13.1. The lowest BCUT2D eigenvalue weighted by Crippen LogP contribution is -2.49. The molecule has 0 saturated carbocycles. The number of hydrogen-bond donors (Lipinski definition) is 6. The Hall–Kier alpha value is -5.97. The van der Waals surface area contributed by atoms with Crippen molar-refractivity contribution in [1.82, 2.24) is 41.6 Å². The molecule has 0 unspecified atom stereocenters. The molecule has 3 aromatic rings. The van der Waals surface area contributed by atoms with Crippen molar-refractivity contribution in [3.63, 3.8) is 0 Å². The maximum atomic E-state index is 13.6. The maximum Gasteiger partial charge on any atom is 0.240 e. The third-order valence-corrected chi connectivity index (χ3v) is 7.96. The fourth-order valence-electron chi connectivity index (χ4n) is 5.32. The molecule has 0 fully saturated rings. The first-order valence-electron chi connectivity index (χ1n) is 16.3. The molecule has 1 atom stereocenters. The normalized spacial score (nSPS) is 12.2. The SMILES string of the molecule is CC(C)C(=O)[C@H](CO)NC(=O)CNC(=O)CNC(=O)CNC(=O)CNC(=O)CCC(=O)N1Cc2ccccc2-c2c(nnn2C)-c2ccccc21. The number of benzene rings is 2.